The molecule has 1 aromatic carbocycles. The Morgan fingerprint density at radius 3 is 3.00 bits per heavy atom. The number of thioether (sulfide) groups is 1. The van der Waals surface area contributed by atoms with E-state index in [1.54, 1.807) is 11.8 Å². The third-order valence-corrected chi connectivity index (χ3v) is 4.27. The highest BCUT2D eigenvalue weighted by molar-refractivity contribution is 7.98. The Labute approximate surface area is 113 Å². The minimum atomic E-state index is 0.151. The van der Waals surface area contributed by atoms with Crippen LogP contribution in [0.4, 0.5) is 0 Å². The molecule has 2 N–H and O–H groups in total. The zero-order valence-electron chi connectivity index (χ0n) is 10.8. The van der Waals surface area contributed by atoms with Crippen LogP contribution >= 0.6 is 11.8 Å². The Morgan fingerprint density at radius 2 is 2.28 bits per heavy atom. The summed E-state index contributed by atoms with van der Waals surface area (Å²) in [5, 5.41) is 0. The highest BCUT2D eigenvalue weighted by Crippen LogP contribution is 2.24. The van der Waals surface area contributed by atoms with Crippen LogP contribution in [0.3, 0.4) is 0 Å². The van der Waals surface area contributed by atoms with E-state index in [2.05, 4.69) is 0 Å². The van der Waals surface area contributed by atoms with Gasteiger partial charge in [0.15, 0.2) is 0 Å². The number of amides is 1. The van der Waals surface area contributed by atoms with Gasteiger partial charge in [0.25, 0.3) is 5.91 Å². The van der Waals surface area contributed by atoms with Crippen molar-refractivity contribution in [1.29, 1.82) is 0 Å². The average Bonchev–Trinajstić information content (AvgIpc) is 2.46. The number of hydrogen-bond donors (Lipinski definition) is 1. The molecule has 0 spiro atoms. The molecule has 18 heavy (non-hydrogen) atoms. The van der Waals surface area contributed by atoms with Crippen molar-refractivity contribution in [2.45, 2.75) is 17.7 Å². The fraction of sp³-hybridized carbons (Fsp3) is 0.500. The van der Waals surface area contributed by atoms with Gasteiger partial charge < -0.3 is 10.6 Å². The first-order valence-electron chi connectivity index (χ1n) is 6.38. The van der Waals surface area contributed by atoms with Crippen molar-refractivity contribution in [3.63, 3.8) is 0 Å². The standard InChI is InChI=1S/C14H20N2OS/c1-18-13-7-3-2-6-12(13)14(17)16-8-4-5-11(9-15)10-16/h2-3,6-7,11H,4-5,8-10,15H2,1H3. The molecule has 1 unspecified atom stereocenters. The Balaban J connectivity index is 2.15. The molecule has 1 aliphatic rings. The van der Waals surface area contributed by atoms with Gasteiger partial charge in [-0.1, -0.05) is 12.1 Å². The summed E-state index contributed by atoms with van der Waals surface area (Å²) in [6.07, 6.45) is 4.21. The van der Waals surface area contributed by atoms with Gasteiger partial charge >= 0.3 is 0 Å². The SMILES string of the molecule is CSc1ccccc1C(=O)N1CCCC(CN)C1. The summed E-state index contributed by atoms with van der Waals surface area (Å²) < 4.78 is 0. The van der Waals surface area contributed by atoms with Crippen molar-refractivity contribution >= 4 is 17.7 Å². The summed E-state index contributed by atoms with van der Waals surface area (Å²) in [5.41, 5.74) is 6.54. The van der Waals surface area contributed by atoms with Gasteiger partial charge in [-0.05, 0) is 43.7 Å². The number of hydrogen-bond acceptors (Lipinski definition) is 3. The lowest BCUT2D eigenvalue weighted by Crippen LogP contribution is -2.42. The lowest BCUT2D eigenvalue weighted by atomic mass is 9.97. The van der Waals surface area contributed by atoms with E-state index in [0.717, 1.165) is 36.4 Å². The molecule has 0 bridgehead atoms. The molecule has 1 saturated heterocycles. The quantitative estimate of drug-likeness (QED) is 0.852. The molecule has 1 aliphatic heterocycles. The van der Waals surface area contributed by atoms with Crippen LogP contribution in [-0.2, 0) is 0 Å². The van der Waals surface area contributed by atoms with E-state index in [1.165, 1.54) is 0 Å². The van der Waals surface area contributed by atoms with Gasteiger partial charge in [0.1, 0.15) is 0 Å². The van der Waals surface area contributed by atoms with Gasteiger partial charge in [-0.25, -0.2) is 0 Å². The van der Waals surface area contributed by atoms with Crippen LogP contribution in [0.25, 0.3) is 0 Å². The van der Waals surface area contributed by atoms with Crippen molar-refractivity contribution in [3.05, 3.63) is 29.8 Å². The molecule has 3 nitrogen and oxygen atoms in total. The van der Waals surface area contributed by atoms with E-state index < -0.39 is 0 Å². The summed E-state index contributed by atoms with van der Waals surface area (Å²) in [5.74, 6) is 0.613. The second kappa shape index (κ2) is 6.25. The first-order chi connectivity index (χ1) is 8.76. The molecular weight excluding hydrogens is 244 g/mol. The molecule has 1 aromatic rings. The summed E-state index contributed by atoms with van der Waals surface area (Å²) >= 11 is 1.62. The maximum absolute atomic E-state index is 12.5. The maximum Gasteiger partial charge on any atom is 0.254 e. The Hall–Kier alpha value is -1.00. The Kier molecular flexibility index (Phi) is 4.66. The van der Waals surface area contributed by atoms with E-state index in [4.69, 9.17) is 5.73 Å². The van der Waals surface area contributed by atoms with Crippen molar-refractivity contribution in [1.82, 2.24) is 4.90 Å². The molecule has 1 amide bonds. The minimum absolute atomic E-state index is 0.151. The fourth-order valence-electron chi connectivity index (χ4n) is 2.43. The Bertz CT molecular complexity index is 422. The van der Waals surface area contributed by atoms with Crippen LogP contribution in [0, 0.1) is 5.92 Å². The molecule has 1 atom stereocenters. The number of carbonyl (C=O) groups is 1. The molecular formula is C14H20N2OS. The zero-order valence-corrected chi connectivity index (χ0v) is 11.6. The Morgan fingerprint density at radius 1 is 1.50 bits per heavy atom. The van der Waals surface area contributed by atoms with Crippen molar-refractivity contribution in [2.75, 3.05) is 25.9 Å². The van der Waals surface area contributed by atoms with Crippen molar-refractivity contribution in [2.24, 2.45) is 11.7 Å². The molecule has 2 rings (SSSR count). The predicted molar refractivity (Wildman–Crippen MR) is 75.9 cm³/mol. The van der Waals surface area contributed by atoms with E-state index in [-0.39, 0.29) is 5.91 Å². The first-order valence-corrected chi connectivity index (χ1v) is 7.61. The van der Waals surface area contributed by atoms with Crippen molar-refractivity contribution in [3.8, 4) is 0 Å². The molecule has 0 aromatic heterocycles. The molecule has 98 valence electrons. The summed E-state index contributed by atoms with van der Waals surface area (Å²) in [6, 6.07) is 7.82. The van der Waals surface area contributed by atoms with Gasteiger partial charge in [0.2, 0.25) is 0 Å². The minimum Gasteiger partial charge on any atom is -0.338 e. The number of benzene rings is 1. The summed E-state index contributed by atoms with van der Waals surface area (Å²) in [6.45, 7) is 2.34. The molecule has 0 radical (unpaired) electrons. The zero-order chi connectivity index (χ0) is 13.0. The molecule has 4 heteroatoms. The van der Waals surface area contributed by atoms with Gasteiger partial charge in [-0.15, -0.1) is 11.8 Å². The number of piperidine rings is 1. The number of likely N-dealkylation sites (tertiary alicyclic amines) is 1. The molecule has 1 heterocycles. The third-order valence-electron chi connectivity index (χ3n) is 3.48. The second-order valence-electron chi connectivity index (χ2n) is 4.70. The fourth-order valence-corrected chi connectivity index (χ4v) is 3.02. The van der Waals surface area contributed by atoms with Crippen molar-refractivity contribution < 1.29 is 4.79 Å². The third kappa shape index (κ3) is 2.87. The van der Waals surface area contributed by atoms with E-state index in [9.17, 15) is 4.79 Å². The smallest absolute Gasteiger partial charge is 0.254 e. The highest BCUT2D eigenvalue weighted by Gasteiger charge is 2.24. The summed E-state index contributed by atoms with van der Waals surface area (Å²) in [7, 11) is 0. The lowest BCUT2D eigenvalue weighted by molar-refractivity contribution is 0.0674. The second-order valence-corrected chi connectivity index (χ2v) is 5.54. The van der Waals surface area contributed by atoms with Crippen LogP contribution in [-0.4, -0.2) is 36.7 Å². The van der Waals surface area contributed by atoms with Crippen LogP contribution in [0.2, 0.25) is 0 Å². The normalized spacial score (nSPS) is 19.9. The lowest BCUT2D eigenvalue weighted by Gasteiger charge is -2.32. The topological polar surface area (TPSA) is 46.3 Å². The van der Waals surface area contributed by atoms with Gasteiger partial charge in [-0.2, -0.15) is 0 Å². The summed E-state index contributed by atoms with van der Waals surface area (Å²) in [4.78, 5) is 15.5. The maximum atomic E-state index is 12.5. The predicted octanol–water partition coefficient (Wildman–Crippen LogP) is 2.22. The average molecular weight is 264 g/mol. The van der Waals surface area contributed by atoms with Crippen LogP contribution in [0.5, 0.6) is 0 Å². The number of nitrogens with zero attached hydrogens (tertiary/aromatic N) is 1. The van der Waals surface area contributed by atoms with Gasteiger partial charge in [0.05, 0.1) is 5.56 Å². The first kappa shape index (κ1) is 13.4. The molecule has 1 fully saturated rings. The molecule has 0 saturated carbocycles. The van der Waals surface area contributed by atoms with E-state index in [1.807, 2.05) is 35.4 Å². The highest BCUT2D eigenvalue weighted by atomic mass is 32.2. The van der Waals surface area contributed by atoms with Crippen LogP contribution in [0.1, 0.15) is 23.2 Å². The van der Waals surface area contributed by atoms with E-state index in [0.29, 0.717) is 12.5 Å². The van der Waals surface area contributed by atoms with Gasteiger partial charge in [-0.3, -0.25) is 4.79 Å². The molecule has 0 aliphatic carbocycles. The number of nitrogens with two attached hydrogens (primary N) is 1. The van der Waals surface area contributed by atoms with Crippen LogP contribution < -0.4 is 5.73 Å². The van der Waals surface area contributed by atoms with Crippen LogP contribution in [0.15, 0.2) is 29.2 Å². The largest absolute Gasteiger partial charge is 0.338 e. The number of rotatable bonds is 3. The van der Waals surface area contributed by atoms with Gasteiger partial charge in [0, 0.05) is 18.0 Å². The van der Waals surface area contributed by atoms with E-state index >= 15 is 0 Å². The number of carbonyl (C=O) groups excluding carboxylic acids is 1. The monoisotopic (exact) mass is 264 g/mol.